The Morgan fingerprint density at radius 2 is 1.97 bits per heavy atom. The number of carbonyl (C=O) groups excluding carboxylic acids is 2. The van der Waals surface area contributed by atoms with E-state index >= 15 is 0 Å². The average Bonchev–Trinajstić information content (AvgIpc) is 3.52. The van der Waals surface area contributed by atoms with Crippen LogP contribution in [0.25, 0.3) is 17.3 Å². The molecular formula is C22H25N5O5S. The molecule has 11 heteroatoms. The number of nitrogens with two attached hydrogens (primary N) is 1. The van der Waals surface area contributed by atoms with Crippen LogP contribution in [-0.4, -0.2) is 64.5 Å². The third-order valence-electron chi connectivity index (χ3n) is 5.58. The van der Waals surface area contributed by atoms with Gasteiger partial charge in [-0.3, -0.25) is 14.2 Å². The summed E-state index contributed by atoms with van der Waals surface area (Å²) >= 11 is 1.27. The molecule has 3 aromatic rings. The Balaban J connectivity index is 1.60. The monoisotopic (exact) mass is 471 g/mol. The van der Waals surface area contributed by atoms with Crippen LogP contribution in [0.4, 0.5) is 0 Å². The van der Waals surface area contributed by atoms with Gasteiger partial charge in [-0.25, -0.2) is 0 Å². The number of nitrogens with zero attached hydrogens (tertiary/aromatic N) is 4. The van der Waals surface area contributed by atoms with Gasteiger partial charge in [0, 0.05) is 25.1 Å². The normalized spacial score (nSPS) is 14.3. The number of hydrogen-bond acceptors (Lipinski definition) is 8. The highest BCUT2D eigenvalue weighted by Gasteiger charge is 2.27. The average molecular weight is 472 g/mol. The molecule has 1 aliphatic heterocycles. The van der Waals surface area contributed by atoms with Gasteiger partial charge in [0.05, 0.1) is 31.9 Å². The molecule has 0 radical (unpaired) electrons. The van der Waals surface area contributed by atoms with E-state index < -0.39 is 0 Å². The maximum atomic E-state index is 12.8. The van der Waals surface area contributed by atoms with E-state index in [0.717, 1.165) is 0 Å². The number of primary amides is 1. The van der Waals surface area contributed by atoms with Gasteiger partial charge >= 0.3 is 0 Å². The molecule has 0 atom stereocenters. The Morgan fingerprint density at radius 1 is 1.18 bits per heavy atom. The minimum absolute atomic E-state index is 0.0328. The first-order valence-corrected chi connectivity index (χ1v) is 11.4. The molecule has 0 aliphatic carbocycles. The number of hydrogen-bond donors (Lipinski definition) is 1. The summed E-state index contributed by atoms with van der Waals surface area (Å²) in [6.45, 7) is 1.03. The smallest absolute Gasteiger partial charge is 0.233 e. The highest BCUT2D eigenvalue weighted by Crippen LogP contribution is 2.35. The van der Waals surface area contributed by atoms with E-state index in [0.29, 0.717) is 59.9 Å². The maximum Gasteiger partial charge on any atom is 0.233 e. The van der Waals surface area contributed by atoms with Crippen molar-refractivity contribution in [1.82, 2.24) is 19.7 Å². The van der Waals surface area contributed by atoms with Gasteiger partial charge in [0.25, 0.3) is 0 Å². The first-order chi connectivity index (χ1) is 16.0. The summed E-state index contributed by atoms with van der Waals surface area (Å²) < 4.78 is 18.3. The number of piperidine rings is 1. The zero-order valence-electron chi connectivity index (χ0n) is 18.4. The molecule has 1 aliphatic rings. The Labute approximate surface area is 195 Å². The zero-order valence-corrected chi connectivity index (χ0v) is 19.2. The van der Waals surface area contributed by atoms with Crippen molar-refractivity contribution >= 4 is 23.6 Å². The molecule has 33 heavy (non-hydrogen) atoms. The van der Waals surface area contributed by atoms with Gasteiger partial charge in [-0.2, -0.15) is 0 Å². The Morgan fingerprint density at radius 3 is 2.61 bits per heavy atom. The molecule has 0 saturated carbocycles. The molecule has 3 heterocycles. The summed E-state index contributed by atoms with van der Waals surface area (Å²) in [5.41, 5.74) is 6.05. The van der Waals surface area contributed by atoms with Crippen LogP contribution < -0.4 is 15.2 Å². The highest BCUT2D eigenvalue weighted by molar-refractivity contribution is 7.99. The van der Waals surface area contributed by atoms with Crippen molar-refractivity contribution in [3.63, 3.8) is 0 Å². The number of furan rings is 1. The van der Waals surface area contributed by atoms with E-state index in [9.17, 15) is 9.59 Å². The quantitative estimate of drug-likeness (QED) is 0.496. The highest BCUT2D eigenvalue weighted by atomic mass is 32.2. The van der Waals surface area contributed by atoms with Crippen molar-refractivity contribution < 1.29 is 23.5 Å². The summed E-state index contributed by atoms with van der Waals surface area (Å²) in [6, 6.07) is 8.96. The topological polar surface area (TPSA) is 126 Å². The van der Waals surface area contributed by atoms with Gasteiger partial charge in [0.1, 0.15) is 11.5 Å². The van der Waals surface area contributed by atoms with Crippen LogP contribution in [0, 0.1) is 5.92 Å². The molecule has 0 unspecified atom stereocenters. The third kappa shape index (κ3) is 4.82. The minimum Gasteiger partial charge on any atom is -0.497 e. The molecule has 174 valence electrons. The summed E-state index contributed by atoms with van der Waals surface area (Å²) in [4.78, 5) is 26.0. The summed E-state index contributed by atoms with van der Waals surface area (Å²) in [5, 5.41) is 9.14. The number of amides is 2. The molecule has 4 rings (SSSR count). The van der Waals surface area contributed by atoms with Crippen LogP contribution in [0.15, 0.2) is 46.2 Å². The van der Waals surface area contributed by atoms with E-state index in [-0.39, 0.29) is 23.5 Å². The van der Waals surface area contributed by atoms with E-state index in [4.69, 9.17) is 19.6 Å². The zero-order chi connectivity index (χ0) is 23.4. The van der Waals surface area contributed by atoms with E-state index in [1.165, 1.54) is 11.8 Å². The second kappa shape index (κ2) is 9.99. The standard InChI is InChI=1S/C22H25N5O5S/c1-30-15-5-6-17(31-2)16(12-15)27-21(18-4-3-11-32-18)24-25-22(27)33-13-19(28)26-9-7-14(8-10-26)20(23)29/h3-6,11-12,14H,7-10,13H2,1-2H3,(H2,23,29). The lowest BCUT2D eigenvalue weighted by molar-refractivity contribution is -0.132. The van der Waals surface area contributed by atoms with Crippen molar-refractivity contribution in [3.8, 4) is 28.8 Å². The Bertz CT molecular complexity index is 1120. The van der Waals surface area contributed by atoms with E-state index in [2.05, 4.69) is 10.2 Å². The molecule has 0 spiro atoms. The molecule has 1 aromatic carbocycles. The fraction of sp³-hybridized carbons (Fsp3) is 0.364. The summed E-state index contributed by atoms with van der Waals surface area (Å²) in [5.74, 6) is 1.89. The molecule has 2 N–H and O–H groups in total. The number of ether oxygens (including phenoxy) is 2. The third-order valence-corrected chi connectivity index (χ3v) is 6.49. The van der Waals surface area contributed by atoms with Crippen LogP contribution >= 0.6 is 11.8 Å². The van der Waals surface area contributed by atoms with Crippen LogP contribution in [-0.2, 0) is 9.59 Å². The summed E-state index contributed by atoms with van der Waals surface area (Å²) in [7, 11) is 3.16. The lowest BCUT2D eigenvalue weighted by atomic mass is 9.96. The fourth-order valence-corrected chi connectivity index (χ4v) is 4.60. The maximum absolute atomic E-state index is 12.8. The number of methoxy groups -OCH3 is 2. The van der Waals surface area contributed by atoms with Crippen LogP contribution in [0.5, 0.6) is 11.5 Å². The molecule has 2 aromatic heterocycles. The largest absolute Gasteiger partial charge is 0.497 e. The number of aromatic nitrogens is 3. The molecule has 2 amide bonds. The Kier molecular flexibility index (Phi) is 6.87. The van der Waals surface area contributed by atoms with Crippen LogP contribution in [0.1, 0.15) is 12.8 Å². The van der Waals surface area contributed by atoms with Gasteiger partial charge in [-0.1, -0.05) is 11.8 Å². The first kappa shape index (κ1) is 22.7. The van der Waals surface area contributed by atoms with Crippen molar-refractivity contribution in [2.75, 3.05) is 33.1 Å². The number of benzene rings is 1. The van der Waals surface area contributed by atoms with Gasteiger partial charge in [0.2, 0.25) is 17.6 Å². The SMILES string of the molecule is COc1ccc(OC)c(-n2c(SCC(=O)N3CCC(C(N)=O)CC3)nnc2-c2ccco2)c1. The number of thioether (sulfide) groups is 1. The molecular weight excluding hydrogens is 446 g/mol. The van der Waals surface area contributed by atoms with Crippen molar-refractivity contribution in [3.05, 3.63) is 36.6 Å². The molecule has 10 nitrogen and oxygen atoms in total. The lowest BCUT2D eigenvalue weighted by Gasteiger charge is -2.30. The number of rotatable bonds is 8. The van der Waals surface area contributed by atoms with Crippen molar-refractivity contribution in [2.24, 2.45) is 11.7 Å². The predicted molar refractivity (Wildman–Crippen MR) is 121 cm³/mol. The number of carbonyl (C=O) groups is 2. The Hall–Kier alpha value is -3.47. The summed E-state index contributed by atoms with van der Waals surface area (Å²) in [6.07, 6.45) is 2.74. The van der Waals surface area contributed by atoms with E-state index in [1.807, 2.05) is 6.07 Å². The lowest BCUT2D eigenvalue weighted by Crippen LogP contribution is -2.42. The van der Waals surface area contributed by atoms with Gasteiger partial charge < -0.3 is 24.5 Å². The van der Waals surface area contributed by atoms with Gasteiger partial charge in [-0.15, -0.1) is 10.2 Å². The van der Waals surface area contributed by atoms with Crippen LogP contribution in [0.3, 0.4) is 0 Å². The molecule has 1 fully saturated rings. The second-order valence-corrected chi connectivity index (χ2v) is 8.45. The fourth-order valence-electron chi connectivity index (χ4n) is 3.75. The molecule has 1 saturated heterocycles. The minimum atomic E-state index is -0.303. The van der Waals surface area contributed by atoms with Crippen LogP contribution in [0.2, 0.25) is 0 Å². The number of likely N-dealkylation sites (tertiary alicyclic amines) is 1. The predicted octanol–water partition coefficient (Wildman–Crippen LogP) is 2.36. The van der Waals surface area contributed by atoms with Crippen molar-refractivity contribution in [1.29, 1.82) is 0 Å². The first-order valence-electron chi connectivity index (χ1n) is 10.4. The van der Waals surface area contributed by atoms with E-state index in [1.54, 1.807) is 54.2 Å². The van der Waals surface area contributed by atoms with Crippen molar-refractivity contribution in [2.45, 2.75) is 18.0 Å². The second-order valence-electron chi connectivity index (χ2n) is 7.50. The molecule has 0 bridgehead atoms. The van der Waals surface area contributed by atoms with Gasteiger partial charge in [-0.05, 0) is 37.1 Å². The van der Waals surface area contributed by atoms with Gasteiger partial charge in [0.15, 0.2) is 10.9 Å².